The second-order valence-electron chi connectivity index (χ2n) is 6.40. The average molecular weight is 333 g/mol. The molecule has 0 radical (unpaired) electrons. The summed E-state index contributed by atoms with van der Waals surface area (Å²) in [5.41, 5.74) is 0.314. The maximum atomic E-state index is 11.2. The van der Waals surface area contributed by atoms with Crippen LogP contribution in [0.4, 0.5) is 0 Å². The highest BCUT2D eigenvalue weighted by Crippen LogP contribution is 2.48. The van der Waals surface area contributed by atoms with Crippen molar-refractivity contribution in [1.82, 2.24) is 10.6 Å². The number of ether oxygens (including phenoxy) is 1. The number of nitrogens with zero attached hydrogens (tertiary/aromatic N) is 1. The first-order valence-electron chi connectivity index (χ1n) is 8.02. The number of hydrogen-bond acceptors (Lipinski definition) is 4. The van der Waals surface area contributed by atoms with E-state index in [-0.39, 0.29) is 11.8 Å². The van der Waals surface area contributed by atoms with E-state index in [4.69, 9.17) is 4.74 Å². The third kappa shape index (κ3) is 7.98. The lowest BCUT2D eigenvalue weighted by molar-refractivity contribution is 0.174. The number of sulfone groups is 1. The first kappa shape index (κ1) is 19.2. The minimum atomic E-state index is -2.92. The molecule has 1 saturated carbocycles. The van der Waals surface area contributed by atoms with E-state index in [0.717, 1.165) is 32.1 Å². The first-order chi connectivity index (χ1) is 10.3. The van der Waals surface area contributed by atoms with E-state index >= 15 is 0 Å². The zero-order valence-corrected chi connectivity index (χ0v) is 15.1. The SMILES string of the molecule is CCNC(=NCC1(CCOC)CC1)NC(C)CCS(C)(=O)=O. The summed E-state index contributed by atoms with van der Waals surface area (Å²) < 4.78 is 27.6. The Bertz CT molecular complexity index is 459. The van der Waals surface area contributed by atoms with Crippen molar-refractivity contribution in [2.24, 2.45) is 10.4 Å². The van der Waals surface area contributed by atoms with Gasteiger partial charge in [0.1, 0.15) is 9.84 Å². The highest BCUT2D eigenvalue weighted by molar-refractivity contribution is 7.90. The quantitative estimate of drug-likeness (QED) is 0.463. The Morgan fingerprint density at radius 3 is 2.59 bits per heavy atom. The van der Waals surface area contributed by atoms with Crippen molar-refractivity contribution in [3.8, 4) is 0 Å². The van der Waals surface area contributed by atoms with E-state index in [1.807, 2.05) is 13.8 Å². The van der Waals surface area contributed by atoms with Gasteiger partial charge in [-0.1, -0.05) is 0 Å². The number of rotatable bonds is 10. The van der Waals surface area contributed by atoms with Crippen molar-refractivity contribution in [3.63, 3.8) is 0 Å². The van der Waals surface area contributed by atoms with Crippen LogP contribution in [0.5, 0.6) is 0 Å². The molecule has 0 aliphatic heterocycles. The van der Waals surface area contributed by atoms with Crippen molar-refractivity contribution in [2.75, 3.05) is 38.8 Å². The predicted octanol–water partition coefficient (Wildman–Crippen LogP) is 1.18. The average Bonchev–Trinajstić information content (AvgIpc) is 3.20. The summed E-state index contributed by atoms with van der Waals surface area (Å²) in [5, 5.41) is 6.52. The molecular formula is C15H31N3O3S. The maximum Gasteiger partial charge on any atom is 0.191 e. The number of hydrogen-bond donors (Lipinski definition) is 2. The molecule has 0 bridgehead atoms. The number of nitrogens with one attached hydrogen (secondary N) is 2. The molecule has 1 rings (SSSR count). The molecule has 130 valence electrons. The standard InChI is InChI=1S/C15H31N3O3S/c1-5-16-14(18-13(2)6-11-22(4,19)20)17-12-15(7-8-15)9-10-21-3/h13H,5-12H2,1-4H3,(H2,16,17,18). The third-order valence-corrected chi connectivity index (χ3v) is 4.99. The zero-order valence-electron chi connectivity index (χ0n) is 14.3. The summed E-state index contributed by atoms with van der Waals surface area (Å²) in [5.74, 6) is 0.963. The van der Waals surface area contributed by atoms with Gasteiger partial charge in [-0.15, -0.1) is 0 Å². The van der Waals surface area contributed by atoms with Crippen molar-refractivity contribution in [3.05, 3.63) is 0 Å². The van der Waals surface area contributed by atoms with Gasteiger partial charge >= 0.3 is 0 Å². The lowest BCUT2D eigenvalue weighted by Crippen LogP contribution is -2.43. The van der Waals surface area contributed by atoms with Crippen LogP contribution in [0.2, 0.25) is 0 Å². The van der Waals surface area contributed by atoms with Crippen LogP contribution >= 0.6 is 0 Å². The molecule has 1 unspecified atom stereocenters. The van der Waals surface area contributed by atoms with E-state index < -0.39 is 9.84 Å². The molecule has 0 spiro atoms. The van der Waals surface area contributed by atoms with Crippen LogP contribution in [0.15, 0.2) is 4.99 Å². The minimum absolute atomic E-state index is 0.0710. The lowest BCUT2D eigenvalue weighted by Gasteiger charge is -2.19. The zero-order chi connectivity index (χ0) is 16.6. The van der Waals surface area contributed by atoms with Crippen LogP contribution < -0.4 is 10.6 Å². The van der Waals surface area contributed by atoms with Gasteiger partial charge in [0.15, 0.2) is 5.96 Å². The highest BCUT2D eigenvalue weighted by Gasteiger charge is 2.41. The molecule has 2 N–H and O–H groups in total. The van der Waals surface area contributed by atoms with Crippen molar-refractivity contribution >= 4 is 15.8 Å². The Labute approximate surface area is 135 Å². The van der Waals surface area contributed by atoms with E-state index in [9.17, 15) is 8.42 Å². The largest absolute Gasteiger partial charge is 0.385 e. The van der Waals surface area contributed by atoms with Crippen LogP contribution in [0, 0.1) is 5.41 Å². The van der Waals surface area contributed by atoms with Gasteiger partial charge in [-0.25, -0.2) is 8.42 Å². The summed E-state index contributed by atoms with van der Waals surface area (Å²) in [4.78, 5) is 4.67. The molecule has 22 heavy (non-hydrogen) atoms. The molecular weight excluding hydrogens is 302 g/mol. The second kappa shape index (κ2) is 8.72. The maximum absolute atomic E-state index is 11.2. The molecule has 0 heterocycles. The van der Waals surface area contributed by atoms with Crippen LogP contribution in [0.25, 0.3) is 0 Å². The molecule has 1 aliphatic rings. The smallest absolute Gasteiger partial charge is 0.191 e. The van der Waals surface area contributed by atoms with Crippen molar-refractivity contribution < 1.29 is 13.2 Å². The van der Waals surface area contributed by atoms with Crippen LogP contribution in [0.3, 0.4) is 0 Å². The second-order valence-corrected chi connectivity index (χ2v) is 8.66. The Morgan fingerprint density at radius 1 is 1.41 bits per heavy atom. The number of aliphatic imine (C=N–C) groups is 1. The molecule has 0 amide bonds. The highest BCUT2D eigenvalue weighted by atomic mass is 32.2. The van der Waals surface area contributed by atoms with Crippen molar-refractivity contribution in [1.29, 1.82) is 0 Å². The summed E-state index contributed by atoms with van der Waals surface area (Å²) in [6.45, 7) is 6.37. The van der Waals surface area contributed by atoms with E-state index in [1.54, 1.807) is 7.11 Å². The van der Waals surface area contributed by atoms with Gasteiger partial charge in [-0.3, -0.25) is 4.99 Å². The van der Waals surface area contributed by atoms with Gasteiger partial charge in [0.05, 0.1) is 5.75 Å². The molecule has 0 aromatic heterocycles. The molecule has 0 aromatic carbocycles. The predicted molar refractivity (Wildman–Crippen MR) is 91.1 cm³/mol. The summed E-state index contributed by atoms with van der Waals surface area (Å²) in [6, 6.07) is 0.0710. The Balaban J connectivity index is 2.48. The van der Waals surface area contributed by atoms with Gasteiger partial charge in [0.25, 0.3) is 0 Å². The first-order valence-corrected chi connectivity index (χ1v) is 10.1. The topological polar surface area (TPSA) is 79.8 Å². The van der Waals surface area contributed by atoms with Crippen LogP contribution in [-0.2, 0) is 14.6 Å². The number of methoxy groups -OCH3 is 1. The molecule has 7 heteroatoms. The normalized spacial score (nSPS) is 18.8. The molecule has 1 atom stereocenters. The molecule has 1 aliphatic carbocycles. The fraction of sp³-hybridized carbons (Fsp3) is 0.933. The van der Waals surface area contributed by atoms with Crippen LogP contribution in [-0.4, -0.2) is 59.2 Å². The van der Waals surface area contributed by atoms with Gasteiger partial charge in [0.2, 0.25) is 0 Å². The van der Waals surface area contributed by atoms with Gasteiger partial charge in [-0.05, 0) is 44.9 Å². The minimum Gasteiger partial charge on any atom is -0.385 e. The van der Waals surface area contributed by atoms with Crippen LogP contribution in [0.1, 0.15) is 39.5 Å². The third-order valence-electron chi connectivity index (χ3n) is 4.02. The van der Waals surface area contributed by atoms with Gasteiger partial charge in [0, 0.05) is 39.1 Å². The van der Waals surface area contributed by atoms with E-state index in [0.29, 0.717) is 11.8 Å². The summed E-state index contributed by atoms with van der Waals surface area (Å²) in [7, 11) is -1.19. The lowest BCUT2D eigenvalue weighted by atomic mass is 10.0. The Kier molecular flexibility index (Phi) is 7.62. The molecule has 0 saturated heterocycles. The van der Waals surface area contributed by atoms with E-state index in [2.05, 4.69) is 15.6 Å². The molecule has 0 aromatic rings. The fourth-order valence-electron chi connectivity index (χ4n) is 2.25. The van der Waals surface area contributed by atoms with Crippen molar-refractivity contribution in [2.45, 2.75) is 45.6 Å². The monoisotopic (exact) mass is 333 g/mol. The summed E-state index contributed by atoms with van der Waals surface area (Å²) in [6.07, 6.45) is 5.32. The Morgan fingerprint density at radius 2 is 2.09 bits per heavy atom. The summed E-state index contributed by atoms with van der Waals surface area (Å²) >= 11 is 0. The molecule has 1 fully saturated rings. The Hall–Kier alpha value is -0.820. The van der Waals surface area contributed by atoms with Gasteiger partial charge in [-0.2, -0.15) is 0 Å². The molecule has 6 nitrogen and oxygen atoms in total. The number of guanidine groups is 1. The fourth-order valence-corrected chi connectivity index (χ4v) is 3.03. The van der Waals surface area contributed by atoms with E-state index in [1.165, 1.54) is 19.1 Å². The van der Waals surface area contributed by atoms with Gasteiger partial charge < -0.3 is 15.4 Å².